The Labute approximate surface area is 272 Å². The van der Waals surface area contributed by atoms with Gasteiger partial charge in [0.05, 0.1) is 34.6 Å². The van der Waals surface area contributed by atoms with Gasteiger partial charge in [-0.2, -0.15) is 10.2 Å². The quantitative estimate of drug-likeness (QED) is 0.318. The van der Waals surface area contributed by atoms with Crippen molar-refractivity contribution >= 4 is 93.1 Å². The highest BCUT2D eigenvalue weighted by molar-refractivity contribution is 6.40. The maximum absolute atomic E-state index is 12.5. The van der Waals surface area contributed by atoms with E-state index >= 15 is 0 Å². The Hall–Kier alpha value is -3.58. The van der Waals surface area contributed by atoms with Crippen LogP contribution in [0.3, 0.4) is 0 Å². The number of hydrogen-bond acceptors (Lipinski definition) is 10. The summed E-state index contributed by atoms with van der Waals surface area (Å²) in [6.45, 7) is 6.88. The molecule has 2 N–H and O–H groups in total. The van der Waals surface area contributed by atoms with Crippen molar-refractivity contribution in [2.24, 2.45) is 10.2 Å². The first-order valence-corrected chi connectivity index (χ1v) is 14.6. The Bertz CT molecular complexity index is 1550. The van der Waals surface area contributed by atoms with Gasteiger partial charge in [0.15, 0.2) is 11.1 Å². The van der Waals surface area contributed by atoms with E-state index in [1.165, 1.54) is 30.1 Å². The number of hydrazone groups is 2. The summed E-state index contributed by atoms with van der Waals surface area (Å²) in [5.74, 6) is -3.52. The molecule has 236 valence electrons. The van der Waals surface area contributed by atoms with Crippen molar-refractivity contribution in [3.05, 3.63) is 56.5 Å². The average Bonchev–Trinajstić information content (AvgIpc) is 3.49. The molecular formula is C28H28Cl4N4O8. The molecule has 2 unspecified atom stereocenters. The zero-order valence-corrected chi connectivity index (χ0v) is 27.0. The molecule has 44 heavy (non-hydrogen) atoms. The Kier molecular flexibility index (Phi) is 11.1. The average molecular weight is 690 g/mol. The van der Waals surface area contributed by atoms with Crippen molar-refractivity contribution in [2.75, 3.05) is 23.2 Å². The lowest BCUT2D eigenvalue weighted by molar-refractivity contribution is -0.148. The molecule has 0 fully saturated rings. The molecule has 2 aromatic carbocycles. The van der Waals surface area contributed by atoms with Crippen LogP contribution in [0.15, 0.2) is 46.6 Å². The van der Waals surface area contributed by atoms with Crippen molar-refractivity contribution in [1.82, 2.24) is 0 Å². The van der Waals surface area contributed by atoms with E-state index in [1.54, 1.807) is 39.0 Å². The Balaban J connectivity index is 0.000000244. The van der Waals surface area contributed by atoms with Crippen LogP contribution in [0, 0.1) is 0 Å². The number of anilines is 2. The predicted molar refractivity (Wildman–Crippen MR) is 167 cm³/mol. The molecule has 12 nitrogen and oxygen atoms in total. The van der Waals surface area contributed by atoms with E-state index < -0.39 is 35.0 Å². The van der Waals surface area contributed by atoms with Crippen molar-refractivity contribution in [2.45, 2.75) is 51.6 Å². The predicted octanol–water partition coefficient (Wildman–Crippen LogP) is 5.93. The first-order valence-electron chi connectivity index (χ1n) is 13.1. The van der Waals surface area contributed by atoms with Crippen LogP contribution in [0.5, 0.6) is 0 Å². The maximum Gasteiger partial charge on any atom is 0.354 e. The van der Waals surface area contributed by atoms with Crippen LogP contribution in [0.4, 0.5) is 11.4 Å². The Morgan fingerprint density at radius 1 is 0.773 bits per heavy atom. The van der Waals surface area contributed by atoms with Crippen LogP contribution in [0.1, 0.15) is 40.5 Å². The molecule has 0 saturated carbocycles. The lowest BCUT2D eigenvalue weighted by atomic mass is 9.95. The molecule has 0 spiro atoms. The van der Waals surface area contributed by atoms with Gasteiger partial charge in [-0.3, -0.25) is 0 Å². The Morgan fingerprint density at radius 2 is 1.23 bits per heavy atom. The molecule has 4 rings (SSSR count). The summed E-state index contributed by atoms with van der Waals surface area (Å²) < 4.78 is 10.1. The summed E-state index contributed by atoms with van der Waals surface area (Å²) in [4.78, 5) is 47.0. The zero-order valence-electron chi connectivity index (χ0n) is 23.9. The van der Waals surface area contributed by atoms with Gasteiger partial charge >= 0.3 is 23.9 Å². The third-order valence-corrected chi connectivity index (χ3v) is 7.69. The van der Waals surface area contributed by atoms with E-state index in [2.05, 4.69) is 10.2 Å². The molecule has 0 bridgehead atoms. The number of esters is 2. The minimum Gasteiger partial charge on any atom is -0.479 e. The highest BCUT2D eigenvalue weighted by atomic mass is 35.5. The topological polar surface area (TPSA) is 158 Å². The van der Waals surface area contributed by atoms with E-state index in [9.17, 15) is 24.3 Å². The SMILES string of the molecule is CC1(C(=O)O)CC(C(=O)O)=NN1c1ccc(Cl)cc1Cl.CCOC(=O)C1=NN(c2ccc(Cl)cc2Cl)C(C)(C(=O)OCC)C1. The van der Waals surface area contributed by atoms with Gasteiger partial charge in [0.2, 0.25) is 0 Å². The summed E-state index contributed by atoms with van der Waals surface area (Å²) in [5, 5.41) is 30.4. The normalized spacial score (nSPS) is 20.7. The number of benzene rings is 2. The van der Waals surface area contributed by atoms with E-state index in [0.717, 1.165) is 5.01 Å². The minimum atomic E-state index is -1.51. The number of carboxylic acids is 2. The van der Waals surface area contributed by atoms with E-state index in [0.29, 0.717) is 20.8 Å². The molecular weight excluding hydrogens is 662 g/mol. The number of halogens is 4. The standard InChI is InChI=1S/C16H18Cl2N2O4.C12H10Cl2N2O4/c1-4-23-14(21)12-9-16(3,15(22)24-5-2)20(19-12)13-7-6-10(17)8-11(13)18;1-12(11(19)20)5-8(10(17)18)15-16(12)9-3-2-6(13)4-7(9)14/h6-8H,4-5,9H2,1-3H3;2-4H,5H2,1H3,(H,17,18)(H,19,20). The van der Waals surface area contributed by atoms with E-state index in [1.807, 2.05) is 0 Å². The first kappa shape index (κ1) is 34.9. The number of carboxylic acid groups (broad SMARTS) is 2. The van der Waals surface area contributed by atoms with Gasteiger partial charge in [-0.05, 0) is 64.1 Å². The fourth-order valence-electron chi connectivity index (χ4n) is 4.34. The van der Waals surface area contributed by atoms with Crippen LogP contribution in [-0.4, -0.2) is 69.8 Å². The van der Waals surface area contributed by atoms with Crippen molar-refractivity contribution in [3.63, 3.8) is 0 Å². The summed E-state index contributed by atoms with van der Waals surface area (Å²) in [7, 11) is 0. The Morgan fingerprint density at radius 3 is 1.66 bits per heavy atom. The number of rotatable bonds is 8. The van der Waals surface area contributed by atoms with Gasteiger partial charge in [-0.15, -0.1) is 0 Å². The van der Waals surface area contributed by atoms with E-state index in [4.69, 9.17) is 61.0 Å². The second-order valence-corrected chi connectivity index (χ2v) is 11.5. The lowest BCUT2D eigenvalue weighted by Crippen LogP contribution is -2.48. The smallest absolute Gasteiger partial charge is 0.354 e. The molecule has 0 radical (unpaired) electrons. The van der Waals surface area contributed by atoms with Crippen LogP contribution in [0.25, 0.3) is 0 Å². The van der Waals surface area contributed by atoms with Crippen LogP contribution in [0.2, 0.25) is 20.1 Å². The van der Waals surface area contributed by atoms with Crippen LogP contribution >= 0.6 is 46.4 Å². The molecule has 2 aliphatic rings. The number of nitrogens with zero attached hydrogens (tertiary/aromatic N) is 4. The third kappa shape index (κ3) is 7.20. The van der Waals surface area contributed by atoms with Gasteiger partial charge in [0.1, 0.15) is 11.4 Å². The van der Waals surface area contributed by atoms with Crippen LogP contribution < -0.4 is 10.0 Å². The minimum absolute atomic E-state index is 0.0591. The number of ether oxygens (including phenoxy) is 2. The van der Waals surface area contributed by atoms with Crippen molar-refractivity contribution < 1.29 is 38.9 Å². The second-order valence-electron chi connectivity index (χ2n) is 9.86. The molecule has 2 heterocycles. The monoisotopic (exact) mass is 688 g/mol. The molecule has 2 aromatic rings. The fourth-order valence-corrected chi connectivity index (χ4v) is 5.31. The van der Waals surface area contributed by atoms with Gasteiger partial charge in [-0.25, -0.2) is 29.2 Å². The van der Waals surface area contributed by atoms with Crippen molar-refractivity contribution in [3.8, 4) is 0 Å². The number of carbonyl (C=O) groups is 4. The second kappa shape index (κ2) is 14.0. The van der Waals surface area contributed by atoms with Crippen LogP contribution in [-0.2, 0) is 28.7 Å². The van der Waals surface area contributed by atoms with Crippen molar-refractivity contribution in [1.29, 1.82) is 0 Å². The van der Waals surface area contributed by atoms with Gasteiger partial charge in [0, 0.05) is 22.9 Å². The zero-order chi connectivity index (χ0) is 33.0. The maximum atomic E-state index is 12.5. The fraction of sp³-hybridized carbons (Fsp3) is 0.357. The molecule has 0 aromatic heterocycles. The van der Waals surface area contributed by atoms with Gasteiger partial charge < -0.3 is 19.7 Å². The summed E-state index contributed by atoms with van der Waals surface area (Å²) >= 11 is 24.0. The molecule has 16 heteroatoms. The molecule has 0 saturated heterocycles. The third-order valence-electron chi connectivity index (χ3n) is 6.61. The highest BCUT2D eigenvalue weighted by Crippen LogP contribution is 2.40. The molecule has 2 atom stereocenters. The molecule has 2 aliphatic heterocycles. The summed E-state index contributed by atoms with van der Waals surface area (Å²) in [6.07, 6.45) is -0.166. The number of aliphatic carboxylic acids is 2. The molecule has 0 amide bonds. The van der Waals surface area contributed by atoms with Gasteiger partial charge in [-0.1, -0.05) is 46.4 Å². The number of hydrogen-bond donors (Lipinski definition) is 2. The highest BCUT2D eigenvalue weighted by Gasteiger charge is 2.50. The first-order chi connectivity index (χ1) is 20.6. The lowest BCUT2D eigenvalue weighted by Gasteiger charge is -2.32. The molecule has 0 aliphatic carbocycles. The largest absolute Gasteiger partial charge is 0.479 e. The number of carbonyl (C=O) groups excluding carboxylic acids is 2. The summed E-state index contributed by atoms with van der Waals surface area (Å²) in [5.41, 5.74) is -2.06. The summed E-state index contributed by atoms with van der Waals surface area (Å²) in [6, 6.07) is 9.28. The van der Waals surface area contributed by atoms with E-state index in [-0.39, 0.29) is 48.2 Å². The van der Waals surface area contributed by atoms with Gasteiger partial charge in [0.25, 0.3) is 0 Å².